The largest absolute Gasteiger partial charge is 0.303 e. The van der Waals surface area contributed by atoms with Gasteiger partial charge < -0.3 is 4.79 Å². The smallest absolute Gasteiger partial charge is 0.138 e. The summed E-state index contributed by atoms with van der Waals surface area (Å²) in [5, 5.41) is 4.20. The third-order valence-corrected chi connectivity index (χ3v) is 2.82. The molecule has 4 nitrogen and oxygen atoms in total. The molecule has 0 bridgehead atoms. The van der Waals surface area contributed by atoms with Gasteiger partial charge in [0.05, 0.1) is 0 Å². The fraction of sp³-hybridized carbons (Fsp3) is 0.750. The number of hydrogen-bond donors (Lipinski definition) is 0. The summed E-state index contributed by atoms with van der Waals surface area (Å²) >= 11 is 0. The molecule has 0 amide bonds. The maximum Gasteiger partial charge on any atom is 0.138 e. The fourth-order valence-electron chi connectivity index (χ4n) is 1.76. The Labute approximate surface area is 97.1 Å². The van der Waals surface area contributed by atoms with Gasteiger partial charge in [-0.05, 0) is 19.3 Å². The monoisotopic (exact) mass is 223 g/mol. The van der Waals surface area contributed by atoms with E-state index in [1.165, 1.54) is 0 Å². The van der Waals surface area contributed by atoms with Gasteiger partial charge in [0.15, 0.2) is 0 Å². The molecule has 0 radical (unpaired) electrons. The molecule has 0 aliphatic carbocycles. The van der Waals surface area contributed by atoms with Crippen LogP contribution in [0.2, 0.25) is 0 Å². The summed E-state index contributed by atoms with van der Waals surface area (Å²) in [7, 11) is 0. The highest BCUT2D eigenvalue weighted by molar-refractivity contribution is 5.53. The van der Waals surface area contributed by atoms with Crippen LogP contribution < -0.4 is 0 Å². The van der Waals surface area contributed by atoms with Gasteiger partial charge in [0.1, 0.15) is 18.4 Å². The molecule has 1 rings (SSSR count). The number of aryl methyl sites for hydroxylation is 1. The fourth-order valence-corrected chi connectivity index (χ4v) is 1.76. The first-order valence-corrected chi connectivity index (χ1v) is 6.02. The third-order valence-electron chi connectivity index (χ3n) is 2.82. The third kappa shape index (κ3) is 3.43. The van der Waals surface area contributed by atoms with Gasteiger partial charge in [-0.25, -0.2) is 9.67 Å². The number of aldehydes is 1. The highest BCUT2D eigenvalue weighted by Crippen LogP contribution is 2.13. The van der Waals surface area contributed by atoms with E-state index in [2.05, 4.69) is 23.9 Å². The predicted octanol–water partition coefficient (Wildman–Crippen LogP) is 2.41. The lowest BCUT2D eigenvalue weighted by Crippen LogP contribution is -2.09. The Hall–Kier alpha value is -1.19. The lowest BCUT2D eigenvalue weighted by molar-refractivity contribution is -0.111. The van der Waals surface area contributed by atoms with Crippen molar-refractivity contribution < 1.29 is 4.79 Å². The second kappa shape index (κ2) is 6.40. The molecule has 0 fully saturated rings. The van der Waals surface area contributed by atoms with Crippen molar-refractivity contribution in [2.75, 3.05) is 0 Å². The summed E-state index contributed by atoms with van der Waals surface area (Å²) in [6.07, 6.45) is 5.52. The lowest BCUT2D eigenvalue weighted by Gasteiger charge is -2.10. The Kier molecular flexibility index (Phi) is 5.15. The van der Waals surface area contributed by atoms with Crippen LogP contribution in [0.5, 0.6) is 0 Å². The number of carbonyl (C=O) groups is 1. The Morgan fingerprint density at radius 1 is 1.50 bits per heavy atom. The van der Waals surface area contributed by atoms with Crippen LogP contribution in [-0.4, -0.2) is 21.1 Å². The molecule has 16 heavy (non-hydrogen) atoms. The van der Waals surface area contributed by atoms with Crippen LogP contribution in [0.25, 0.3) is 0 Å². The maximum atomic E-state index is 10.7. The van der Waals surface area contributed by atoms with E-state index >= 15 is 0 Å². The van der Waals surface area contributed by atoms with Gasteiger partial charge in [0.2, 0.25) is 0 Å². The van der Waals surface area contributed by atoms with Crippen molar-refractivity contribution in [1.29, 1.82) is 0 Å². The molecule has 1 aromatic rings. The molecular formula is C12H21N3O. The summed E-state index contributed by atoms with van der Waals surface area (Å²) in [4.78, 5) is 14.9. The first-order valence-electron chi connectivity index (χ1n) is 6.02. The SMILES string of the molecule is CCC(C=O)CCCn1ncnc1C(C)C. The second-order valence-electron chi connectivity index (χ2n) is 4.44. The van der Waals surface area contributed by atoms with Gasteiger partial charge >= 0.3 is 0 Å². The van der Waals surface area contributed by atoms with Gasteiger partial charge in [0, 0.05) is 18.4 Å². The number of hydrogen-bond acceptors (Lipinski definition) is 3. The molecule has 0 saturated heterocycles. The van der Waals surface area contributed by atoms with Crippen LogP contribution in [0.15, 0.2) is 6.33 Å². The second-order valence-corrected chi connectivity index (χ2v) is 4.44. The van der Waals surface area contributed by atoms with Crippen molar-refractivity contribution in [1.82, 2.24) is 14.8 Å². The summed E-state index contributed by atoms with van der Waals surface area (Å²) < 4.78 is 1.95. The van der Waals surface area contributed by atoms with Gasteiger partial charge in [-0.2, -0.15) is 5.10 Å². The van der Waals surface area contributed by atoms with Crippen molar-refractivity contribution in [3.63, 3.8) is 0 Å². The Morgan fingerprint density at radius 2 is 2.25 bits per heavy atom. The van der Waals surface area contributed by atoms with E-state index in [1.807, 2.05) is 11.6 Å². The molecule has 1 unspecified atom stereocenters. The van der Waals surface area contributed by atoms with Crippen LogP contribution in [0.3, 0.4) is 0 Å². The summed E-state index contributed by atoms with van der Waals surface area (Å²) in [5.41, 5.74) is 0. The van der Waals surface area contributed by atoms with Crippen molar-refractivity contribution in [2.24, 2.45) is 5.92 Å². The van der Waals surface area contributed by atoms with E-state index < -0.39 is 0 Å². The molecule has 0 aliphatic rings. The van der Waals surface area contributed by atoms with E-state index in [-0.39, 0.29) is 5.92 Å². The number of aromatic nitrogens is 3. The van der Waals surface area contributed by atoms with Crippen molar-refractivity contribution in [3.05, 3.63) is 12.2 Å². The number of carbonyl (C=O) groups excluding carboxylic acids is 1. The van der Waals surface area contributed by atoms with Gasteiger partial charge in [-0.15, -0.1) is 0 Å². The average Bonchev–Trinajstić information content (AvgIpc) is 2.72. The quantitative estimate of drug-likeness (QED) is 0.667. The van der Waals surface area contributed by atoms with Gasteiger partial charge in [-0.1, -0.05) is 20.8 Å². The van der Waals surface area contributed by atoms with Gasteiger partial charge in [-0.3, -0.25) is 0 Å². The first kappa shape index (κ1) is 12.9. The Balaban J connectivity index is 2.42. The van der Waals surface area contributed by atoms with Crippen LogP contribution in [0, 0.1) is 5.92 Å². The van der Waals surface area contributed by atoms with E-state index in [0.717, 1.165) is 37.9 Å². The molecule has 1 aromatic heterocycles. The zero-order chi connectivity index (χ0) is 12.0. The normalized spacial score (nSPS) is 13.0. The van der Waals surface area contributed by atoms with Crippen LogP contribution in [0.1, 0.15) is 51.8 Å². The average molecular weight is 223 g/mol. The predicted molar refractivity (Wildman–Crippen MR) is 63.2 cm³/mol. The molecule has 0 aromatic carbocycles. The van der Waals surface area contributed by atoms with E-state index in [1.54, 1.807) is 6.33 Å². The Bertz CT molecular complexity index is 320. The van der Waals surface area contributed by atoms with Gasteiger partial charge in [0.25, 0.3) is 0 Å². The highest BCUT2D eigenvalue weighted by Gasteiger charge is 2.09. The van der Waals surface area contributed by atoms with E-state index in [9.17, 15) is 4.79 Å². The maximum absolute atomic E-state index is 10.7. The van der Waals surface area contributed by atoms with Crippen LogP contribution >= 0.6 is 0 Å². The molecule has 1 atom stereocenters. The minimum absolute atomic E-state index is 0.200. The lowest BCUT2D eigenvalue weighted by atomic mass is 10.0. The van der Waals surface area contributed by atoms with E-state index in [4.69, 9.17) is 0 Å². The molecule has 0 saturated carbocycles. The zero-order valence-electron chi connectivity index (χ0n) is 10.4. The molecule has 90 valence electrons. The highest BCUT2D eigenvalue weighted by atomic mass is 16.1. The number of nitrogens with zero attached hydrogens (tertiary/aromatic N) is 3. The molecule has 0 N–H and O–H groups in total. The van der Waals surface area contributed by atoms with Crippen molar-refractivity contribution in [2.45, 2.75) is 52.5 Å². The number of rotatable bonds is 7. The summed E-state index contributed by atoms with van der Waals surface area (Å²) in [5.74, 6) is 1.63. The zero-order valence-corrected chi connectivity index (χ0v) is 10.4. The molecular weight excluding hydrogens is 202 g/mol. The van der Waals surface area contributed by atoms with Crippen molar-refractivity contribution in [3.8, 4) is 0 Å². The topological polar surface area (TPSA) is 47.8 Å². The summed E-state index contributed by atoms with van der Waals surface area (Å²) in [6.45, 7) is 7.13. The van der Waals surface area contributed by atoms with Crippen LogP contribution in [0.4, 0.5) is 0 Å². The molecule has 0 spiro atoms. The van der Waals surface area contributed by atoms with Crippen molar-refractivity contribution >= 4 is 6.29 Å². The van der Waals surface area contributed by atoms with E-state index in [0.29, 0.717) is 5.92 Å². The standard InChI is InChI=1S/C12H21N3O/c1-4-11(8-16)6-5-7-15-12(10(2)3)13-9-14-15/h8-11H,4-7H2,1-3H3. The summed E-state index contributed by atoms with van der Waals surface area (Å²) in [6, 6.07) is 0. The molecule has 4 heteroatoms. The van der Waals surface area contributed by atoms with Crippen LogP contribution in [-0.2, 0) is 11.3 Å². The Morgan fingerprint density at radius 3 is 2.81 bits per heavy atom. The molecule has 1 heterocycles. The molecule has 0 aliphatic heterocycles. The minimum atomic E-state index is 0.200. The minimum Gasteiger partial charge on any atom is -0.303 e. The first-order chi connectivity index (χ1) is 7.69.